The van der Waals surface area contributed by atoms with Gasteiger partial charge in [-0.15, -0.1) is 0 Å². The average Bonchev–Trinajstić information content (AvgIpc) is 2.34. The molecule has 1 aromatic carbocycles. The van der Waals surface area contributed by atoms with Crippen molar-refractivity contribution in [3.05, 3.63) is 23.8 Å². The number of benzene rings is 1. The molecule has 0 bridgehead atoms. The van der Waals surface area contributed by atoms with Gasteiger partial charge in [0.25, 0.3) is 0 Å². The van der Waals surface area contributed by atoms with Gasteiger partial charge < -0.3 is 15.1 Å². The molecule has 5 nitrogen and oxygen atoms in total. The third-order valence-corrected chi connectivity index (χ3v) is 3.29. The van der Waals surface area contributed by atoms with Crippen LogP contribution in [0.5, 0.6) is 11.5 Å². The van der Waals surface area contributed by atoms with Crippen LogP contribution < -0.4 is 0 Å². The highest BCUT2D eigenvalue weighted by atomic mass is 16.3. The van der Waals surface area contributed by atoms with Crippen LogP contribution in [0.25, 0.3) is 0 Å². The van der Waals surface area contributed by atoms with Crippen LogP contribution in [0.1, 0.15) is 24.2 Å². The summed E-state index contributed by atoms with van der Waals surface area (Å²) >= 11 is 0. The molecule has 0 aromatic heterocycles. The van der Waals surface area contributed by atoms with Crippen molar-refractivity contribution in [1.82, 2.24) is 9.80 Å². The summed E-state index contributed by atoms with van der Waals surface area (Å²) in [5, 5.41) is 19.0. The average molecular weight is 280 g/mol. The fraction of sp³-hybridized carbons (Fsp3) is 0.533. The predicted octanol–water partition coefficient (Wildman–Crippen LogP) is 1.55. The largest absolute Gasteiger partial charge is 0.508 e. The first-order valence-electron chi connectivity index (χ1n) is 6.79. The first-order chi connectivity index (χ1) is 9.35. The minimum Gasteiger partial charge on any atom is -0.508 e. The van der Waals surface area contributed by atoms with Gasteiger partial charge in [0.15, 0.2) is 5.78 Å². The standard InChI is InChI=1S/C15H24N2O3/c1-5-17(11(2)9-16(3)4)10-15(20)13-7-6-12(18)8-14(13)19/h6-8,11,18-19H,5,9-10H2,1-4H3. The number of likely N-dealkylation sites (N-methyl/N-ethyl adjacent to an activating group) is 2. The summed E-state index contributed by atoms with van der Waals surface area (Å²) in [6.45, 7) is 5.97. The van der Waals surface area contributed by atoms with E-state index in [1.54, 1.807) is 0 Å². The Morgan fingerprint density at radius 2 is 1.95 bits per heavy atom. The Balaban J connectivity index is 2.76. The molecule has 0 saturated carbocycles. The summed E-state index contributed by atoms with van der Waals surface area (Å²) in [4.78, 5) is 16.4. The van der Waals surface area contributed by atoms with Gasteiger partial charge in [0.05, 0.1) is 12.1 Å². The normalized spacial score (nSPS) is 12.9. The number of aromatic hydroxyl groups is 2. The molecule has 0 saturated heterocycles. The number of carbonyl (C=O) groups is 1. The second kappa shape index (κ2) is 7.26. The molecular weight excluding hydrogens is 256 g/mol. The van der Waals surface area contributed by atoms with Crippen LogP contribution in [0.3, 0.4) is 0 Å². The number of hydrogen-bond acceptors (Lipinski definition) is 5. The van der Waals surface area contributed by atoms with Crippen LogP contribution in [0.2, 0.25) is 0 Å². The molecule has 0 radical (unpaired) electrons. The Bertz CT molecular complexity index is 460. The van der Waals surface area contributed by atoms with Gasteiger partial charge in [-0.25, -0.2) is 0 Å². The van der Waals surface area contributed by atoms with Gasteiger partial charge in [-0.2, -0.15) is 0 Å². The maximum Gasteiger partial charge on any atom is 0.180 e. The van der Waals surface area contributed by atoms with E-state index in [0.29, 0.717) is 0 Å². The molecule has 0 heterocycles. The molecule has 0 aliphatic rings. The lowest BCUT2D eigenvalue weighted by Gasteiger charge is -2.29. The van der Waals surface area contributed by atoms with Gasteiger partial charge in [0, 0.05) is 18.7 Å². The second-order valence-electron chi connectivity index (χ2n) is 5.30. The summed E-state index contributed by atoms with van der Waals surface area (Å²) in [7, 11) is 4.00. The number of ketones is 1. The number of phenols is 2. The lowest BCUT2D eigenvalue weighted by Crippen LogP contribution is -2.42. The highest BCUT2D eigenvalue weighted by Crippen LogP contribution is 2.23. The minimum atomic E-state index is -0.175. The van der Waals surface area contributed by atoms with E-state index < -0.39 is 0 Å². The van der Waals surface area contributed by atoms with Crippen molar-refractivity contribution < 1.29 is 15.0 Å². The fourth-order valence-electron chi connectivity index (χ4n) is 2.25. The first-order valence-corrected chi connectivity index (χ1v) is 6.79. The van der Waals surface area contributed by atoms with Crippen molar-refractivity contribution >= 4 is 5.78 Å². The summed E-state index contributed by atoms with van der Waals surface area (Å²) in [5.74, 6) is -0.367. The quantitative estimate of drug-likeness (QED) is 0.742. The van der Waals surface area contributed by atoms with Crippen molar-refractivity contribution in [1.29, 1.82) is 0 Å². The van der Waals surface area contributed by atoms with Crippen molar-refractivity contribution in [2.45, 2.75) is 19.9 Å². The van der Waals surface area contributed by atoms with E-state index in [2.05, 4.69) is 16.7 Å². The van der Waals surface area contributed by atoms with Crippen molar-refractivity contribution in [2.75, 3.05) is 33.7 Å². The Morgan fingerprint density at radius 3 is 2.45 bits per heavy atom. The van der Waals surface area contributed by atoms with E-state index in [1.165, 1.54) is 18.2 Å². The Morgan fingerprint density at radius 1 is 1.30 bits per heavy atom. The first kappa shape index (κ1) is 16.5. The van der Waals surface area contributed by atoms with E-state index in [-0.39, 0.29) is 35.4 Å². The van der Waals surface area contributed by atoms with E-state index in [0.717, 1.165) is 13.1 Å². The number of rotatable bonds is 7. The van der Waals surface area contributed by atoms with Gasteiger partial charge in [-0.3, -0.25) is 9.69 Å². The number of nitrogens with zero attached hydrogens (tertiary/aromatic N) is 2. The van der Waals surface area contributed by atoms with Gasteiger partial charge >= 0.3 is 0 Å². The number of Topliss-reactive ketones (excluding diaryl/α,β-unsaturated/α-hetero) is 1. The Kier molecular flexibility index (Phi) is 5.98. The zero-order valence-electron chi connectivity index (χ0n) is 12.6. The lowest BCUT2D eigenvalue weighted by molar-refractivity contribution is 0.0886. The van der Waals surface area contributed by atoms with Gasteiger partial charge in [0.1, 0.15) is 11.5 Å². The third kappa shape index (κ3) is 4.51. The maximum absolute atomic E-state index is 12.2. The highest BCUT2D eigenvalue weighted by molar-refractivity contribution is 6.00. The van der Waals surface area contributed by atoms with Crippen molar-refractivity contribution in [3.8, 4) is 11.5 Å². The summed E-state index contributed by atoms with van der Waals surface area (Å²) in [5.41, 5.74) is 0.248. The highest BCUT2D eigenvalue weighted by Gasteiger charge is 2.19. The van der Waals surface area contributed by atoms with Crippen molar-refractivity contribution in [3.63, 3.8) is 0 Å². The molecule has 1 rings (SSSR count). The third-order valence-electron chi connectivity index (χ3n) is 3.29. The monoisotopic (exact) mass is 280 g/mol. The summed E-state index contributed by atoms with van der Waals surface area (Å²) in [6, 6.07) is 4.30. The molecule has 1 atom stereocenters. The SMILES string of the molecule is CCN(CC(=O)c1ccc(O)cc1O)C(C)CN(C)C. The molecule has 0 aliphatic carbocycles. The summed E-state index contributed by atoms with van der Waals surface area (Å²) < 4.78 is 0. The van der Waals surface area contributed by atoms with Gasteiger partial charge in [-0.1, -0.05) is 6.92 Å². The van der Waals surface area contributed by atoms with E-state index in [1.807, 2.05) is 21.0 Å². The molecule has 0 fully saturated rings. The van der Waals surface area contributed by atoms with E-state index in [9.17, 15) is 15.0 Å². The minimum absolute atomic E-state index is 0.0487. The number of carbonyl (C=O) groups excluding carboxylic acids is 1. The number of hydrogen-bond donors (Lipinski definition) is 2. The fourth-order valence-corrected chi connectivity index (χ4v) is 2.25. The Labute approximate surface area is 120 Å². The lowest BCUT2D eigenvalue weighted by atomic mass is 10.1. The molecule has 112 valence electrons. The molecular formula is C15H24N2O3. The Hall–Kier alpha value is -1.59. The zero-order valence-corrected chi connectivity index (χ0v) is 12.6. The predicted molar refractivity (Wildman–Crippen MR) is 79.4 cm³/mol. The molecule has 0 spiro atoms. The smallest absolute Gasteiger partial charge is 0.180 e. The van der Waals surface area contributed by atoms with Crippen LogP contribution in [0.15, 0.2) is 18.2 Å². The van der Waals surface area contributed by atoms with Crippen LogP contribution >= 0.6 is 0 Å². The molecule has 0 amide bonds. The topological polar surface area (TPSA) is 64.0 Å². The van der Waals surface area contributed by atoms with Crippen LogP contribution in [0, 0.1) is 0 Å². The van der Waals surface area contributed by atoms with Crippen molar-refractivity contribution in [2.24, 2.45) is 0 Å². The van der Waals surface area contributed by atoms with Gasteiger partial charge in [-0.05, 0) is 39.7 Å². The molecule has 1 aromatic rings. The van der Waals surface area contributed by atoms with Crippen LogP contribution in [0.4, 0.5) is 0 Å². The van der Waals surface area contributed by atoms with Crippen LogP contribution in [-0.4, -0.2) is 65.6 Å². The van der Waals surface area contributed by atoms with E-state index in [4.69, 9.17) is 0 Å². The molecule has 20 heavy (non-hydrogen) atoms. The van der Waals surface area contributed by atoms with Crippen LogP contribution in [-0.2, 0) is 0 Å². The molecule has 0 aliphatic heterocycles. The zero-order chi connectivity index (χ0) is 15.3. The van der Waals surface area contributed by atoms with E-state index >= 15 is 0 Å². The number of phenolic OH excluding ortho intramolecular Hbond substituents is 2. The molecule has 5 heteroatoms. The maximum atomic E-state index is 12.2. The molecule has 2 N–H and O–H groups in total. The summed E-state index contributed by atoms with van der Waals surface area (Å²) in [6.07, 6.45) is 0. The second-order valence-corrected chi connectivity index (χ2v) is 5.30. The van der Waals surface area contributed by atoms with Gasteiger partial charge in [0.2, 0.25) is 0 Å². The molecule has 1 unspecified atom stereocenters.